The number of ether oxygens (including phenoxy) is 1. The number of rotatable bonds is 10. The molecule has 0 spiro atoms. The van der Waals surface area contributed by atoms with Gasteiger partial charge in [-0.15, -0.1) is 0 Å². The van der Waals surface area contributed by atoms with E-state index in [2.05, 4.69) is 48.8 Å². The summed E-state index contributed by atoms with van der Waals surface area (Å²) in [6, 6.07) is 2.73. The quantitative estimate of drug-likeness (QED) is 0.224. The Balaban J connectivity index is 1.29. The summed E-state index contributed by atoms with van der Waals surface area (Å²) in [6.45, 7) is 10.2. The van der Waals surface area contributed by atoms with Crippen LogP contribution in [0.3, 0.4) is 0 Å². The van der Waals surface area contributed by atoms with Gasteiger partial charge in [-0.3, -0.25) is 24.7 Å². The second-order valence-electron chi connectivity index (χ2n) is 11.6. The lowest BCUT2D eigenvalue weighted by atomic mass is 10.1. The van der Waals surface area contributed by atoms with Crippen LogP contribution in [-0.4, -0.2) is 88.0 Å². The molecule has 0 unspecified atom stereocenters. The predicted molar refractivity (Wildman–Crippen MR) is 166 cm³/mol. The lowest BCUT2D eigenvalue weighted by molar-refractivity contribution is -0.143. The number of benzene rings is 1. The molecule has 10 nitrogen and oxygen atoms in total. The van der Waals surface area contributed by atoms with Gasteiger partial charge in [0.05, 0.1) is 36.7 Å². The third-order valence-electron chi connectivity index (χ3n) is 8.27. The summed E-state index contributed by atoms with van der Waals surface area (Å²) in [7, 11) is 0. The highest BCUT2D eigenvalue weighted by Crippen LogP contribution is 2.38. The van der Waals surface area contributed by atoms with Crippen LogP contribution in [0.1, 0.15) is 61.0 Å². The maximum absolute atomic E-state index is 14.3. The zero-order valence-corrected chi connectivity index (χ0v) is 26.8. The lowest BCUT2D eigenvalue weighted by Gasteiger charge is -2.40. The van der Waals surface area contributed by atoms with Crippen LogP contribution in [0.2, 0.25) is 0 Å². The predicted octanol–water partition coefficient (Wildman–Crippen LogP) is 5.46. The molecule has 2 fully saturated rings. The van der Waals surface area contributed by atoms with E-state index in [1.54, 1.807) is 6.92 Å². The maximum Gasteiger partial charge on any atom is 0.416 e. The van der Waals surface area contributed by atoms with E-state index in [0.717, 1.165) is 55.9 Å². The van der Waals surface area contributed by atoms with E-state index in [4.69, 9.17) is 4.74 Å². The molecule has 2 aliphatic heterocycles. The highest BCUT2D eigenvalue weighted by molar-refractivity contribution is 7.16. The molecule has 46 heavy (non-hydrogen) atoms. The number of carbonyl (C=O) groups excluding carboxylic acids is 2. The number of anilines is 2. The first kappa shape index (κ1) is 33.7. The van der Waals surface area contributed by atoms with Crippen molar-refractivity contribution in [2.24, 2.45) is 0 Å². The monoisotopic (exact) mass is 663 g/mol. The number of hydrogen-bond donors (Lipinski definition) is 1. The van der Waals surface area contributed by atoms with Crippen molar-refractivity contribution in [3.05, 3.63) is 52.5 Å². The average molecular weight is 664 g/mol. The van der Waals surface area contributed by atoms with E-state index in [1.807, 2.05) is 0 Å². The second-order valence-corrected chi connectivity index (χ2v) is 12.7. The van der Waals surface area contributed by atoms with Crippen molar-refractivity contribution >= 4 is 34.2 Å². The van der Waals surface area contributed by atoms with Crippen LogP contribution in [0.25, 0.3) is 11.3 Å². The molecule has 5 rings (SSSR count). The molecule has 1 amide bonds. The standard InChI is InChI=1S/C31H37F4N7O3S/c1-4-45-27(43)7-9-40-10-11-42(20(3)17-40)26-16-36-24(15-37-26)29(44)39-30-38-28(25(46-30)18-41-8-5-6-19(41)2)21-12-22(31(33,34)35)14-23(32)13-21/h12-16,19-20H,4-11,17-18H2,1-3H3,(H,38,39,44)/t19-,20+/m1/s1. The van der Waals surface area contributed by atoms with E-state index >= 15 is 0 Å². The smallest absolute Gasteiger partial charge is 0.416 e. The highest BCUT2D eigenvalue weighted by Gasteiger charge is 2.33. The van der Waals surface area contributed by atoms with E-state index in [1.165, 1.54) is 12.4 Å². The van der Waals surface area contributed by atoms with Gasteiger partial charge in [0.15, 0.2) is 5.13 Å². The molecule has 248 valence electrons. The lowest BCUT2D eigenvalue weighted by Crippen LogP contribution is -2.52. The van der Waals surface area contributed by atoms with Crippen molar-refractivity contribution in [3.8, 4) is 11.3 Å². The number of aromatic nitrogens is 3. The molecule has 0 aliphatic carbocycles. The summed E-state index contributed by atoms with van der Waals surface area (Å²) >= 11 is 1.14. The van der Waals surface area contributed by atoms with Gasteiger partial charge in [-0.1, -0.05) is 11.3 Å². The van der Waals surface area contributed by atoms with Crippen LogP contribution < -0.4 is 10.2 Å². The van der Waals surface area contributed by atoms with Crippen LogP contribution in [-0.2, 0) is 22.3 Å². The SMILES string of the molecule is CCOC(=O)CCN1CCN(c2cnc(C(=O)Nc3nc(-c4cc(F)cc(C(F)(F)F)c4)c(CN4CCC[C@H]4C)s3)cn2)[C@@H](C)C1. The van der Waals surface area contributed by atoms with Gasteiger partial charge in [-0.25, -0.2) is 19.3 Å². The molecule has 0 radical (unpaired) electrons. The summed E-state index contributed by atoms with van der Waals surface area (Å²) in [6.07, 6.45) is 0.491. The molecule has 0 saturated carbocycles. The molecule has 2 atom stereocenters. The first-order valence-electron chi connectivity index (χ1n) is 15.3. The van der Waals surface area contributed by atoms with Crippen LogP contribution in [0.5, 0.6) is 0 Å². The summed E-state index contributed by atoms with van der Waals surface area (Å²) in [5.74, 6) is -1.20. The van der Waals surface area contributed by atoms with Crippen molar-refractivity contribution in [3.63, 3.8) is 0 Å². The number of esters is 1. The maximum atomic E-state index is 14.3. The fourth-order valence-electron chi connectivity index (χ4n) is 5.85. The number of nitrogens with zero attached hydrogens (tertiary/aromatic N) is 6. The van der Waals surface area contributed by atoms with Crippen LogP contribution in [0.15, 0.2) is 30.6 Å². The molecule has 2 aromatic heterocycles. The molecule has 2 saturated heterocycles. The molecule has 0 bridgehead atoms. The Morgan fingerprint density at radius 1 is 1.09 bits per heavy atom. The first-order valence-corrected chi connectivity index (χ1v) is 16.1. The van der Waals surface area contributed by atoms with Crippen LogP contribution in [0.4, 0.5) is 28.5 Å². The van der Waals surface area contributed by atoms with Crippen LogP contribution in [0, 0.1) is 5.82 Å². The molecule has 1 N–H and O–H groups in total. The van der Waals surface area contributed by atoms with Gasteiger partial charge in [0, 0.05) is 55.2 Å². The summed E-state index contributed by atoms with van der Waals surface area (Å²) in [4.78, 5) is 45.2. The minimum absolute atomic E-state index is 0.00909. The zero-order valence-electron chi connectivity index (χ0n) is 25.9. The normalized spacial score (nSPS) is 19.4. The minimum atomic E-state index is -4.73. The van der Waals surface area contributed by atoms with E-state index < -0.39 is 23.5 Å². The van der Waals surface area contributed by atoms with Crippen molar-refractivity contribution in [1.82, 2.24) is 24.8 Å². The molecular formula is C31H37F4N7O3S. The Hall–Kier alpha value is -3.69. The van der Waals surface area contributed by atoms with E-state index in [9.17, 15) is 27.2 Å². The Morgan fingerprint density at radius 2 is 1.89 bits per heavy atom. The van der Waals surface area contributed by atoms with E-state index in [0.29, 0.717) is 49.4 Å². The number of hydrogen-bond acceptors (Lipinski definition) is 10. The third kappa shape index (κ3) is 8.17. The Labute approximate surface area is 268 Å². The Bertz CT molecular complexity index is 1540. The van der Waals surface area contributed by atoms with Gasteiger partial charge in [-0.2, -0.15) is 13.2 Å². The number of nitrogens with one attached hydrogen (secondary N) is 1. The molecule has 3 aromatic rings. The summed E-state index contributed by atoms with van der Waals surface area (Å²) in [5, 5.41) is 2.87. The number of carbonyl (C=O) groups is 2. The zero-order chi connectivity index (χ0) is 33.0. The van der Waals surface area contributed by atoms with Gasteiger partial charge >= 0.3 is 12.1 Å². The molecule has 2 aliphatic rings. The Kier molecular flexibility index (Phi) is 10.5. The van der Waals surface area contributed by atoms with Crippen molar-refractivity contribution in [2.75, 3.05) is 49.5 Å². The van der Waals surface area contributed by atoms with E-state index in [-0.39, 0.29) is 40.1 Å². The largest absolute Gasteiger partial charge is 0.466 e. The number of halogens is 4. The summed E-state index contributed by atoms with van der Waals surface area (Å²) < 4.78 is 59.8. The topological polar surface area (TPSA) is 104 Å². The Morgan fingerprint density at radius 3 is 2.54 bits per heavy atom. The van der Waals surface area contributed by atoms with Gasteiger partial charge in [-0.05, 0) is 58.4 Å². The fourth-order valence-corrected chi connectivity index (χ4v) is 6.85. The van der Waals surface area contributed by atoms with Gasteiger partial charge < -0.3 is 9.64 Å². The fraction of sp³-hybridized carbons (Fsp3) is 0.516. The number of piperazine rings is 1. The average Bonchev–Trinajstić information content (AvgIpc) is 3.60. The van der Waals surface area contributed by atoms with Crippen LogP contribution >= 0.6 is 11.3 Å². The molecule has 1 aromatic carbocycles. The van der Waals surface area contributed by atoms with Gasteiger partial charge in [0.25, 0.3) is 5.91 Å². The van der Waals surface area contributed by atoms with Crippen molar-refractivity contribution in [1.29, 1.82) is 0 Å². The minimum Gasteiger partial charge on any atom is -0.466 e. The number of thiazole rings is 1. The molecule has 15 heteroatoms. The molecule has 4 heterocycles. The highest BCUT2D eigenvalue weighted by atomic mass is 32.1. The van der Waals surface area contributed by atoms with Crippen molar-refractivity contribution in [2.45, 2.75) is 64.8 Å². The number of alkyl halides is 3. The number of likely N-dealkylation sites (tertiary alicyclic amines) is 1. The number of amides is 1. The second kappa shape index (κ2) is 14.4. The van der Waals surface area contributed by atoms with Gasteiger partial charge in [0.2, 0.25) is 0 Å². The van der Waals surface area contributed by atoms with Crippen molar-refractivity contribution < 1.29 is 31.9 Å². The molecular weight excluding hydrogens is 626 g/mol. The van der Waals surface area contributed by atoms with Gasteiger partial charge in [0.1, 0.15) is 17.3 Å². The third-order valence-corrected chi connectivity index (χ3v) is 9.22. The summed E-state index contributed by atoms with van der Waals surface area (Å²) in [5.41, 5.74) is -0.878. The first-order chi connectivity index (χ1) is 21.9.